The van der Waals surface area contributed by atoms with Crippen LogP contribution in [0.1, 0.15) is 11.5 Å². The predicted octanol–water partition coefficient (Wildman–Crippen LogP) is 3.88. The molecule has 0 saturated heterocycles. The maximum atomic E-state index is 13.5. The van der Waals surface area contributed by atoms with Crippen LogP contribution in [0.3, 0.4) is 0 Å². The summed E-state index contributed by atoms with van der Waals surface area (Å²) in [6.45, 7) is 0. The number of hydrogen-bond donors (Lipinski definition) is 0. The zero-order valence-electron chi connectivity index (χ0n) is 9.32. The van der Waals surface area contributed by atoms with Crippen molar-refractivity contribution < 1.29 is 26.7 Å². The number of hydrogen-bond acceptors (Lipinski definition) is 3. The van der Waals surface area contributed by atoms with E-state index >= 15 is 0 Å². The van der Waals surface area contributed by atoms with E-state index in [1.807, 2.05) is 0 Å². The van der Waals surface area contributed by atoms with Gasteiger partial charge < -0.3 is 9.15 Å². The second-order valence-electron chi connectivity index (χ2n) is 3.43. The topological polar surface area (TPSA) is 35.3 Å². The normalized spacial score (nSPS) is 12.0. The van der Waals surface area contributed by atoms with Crippen LogP contribution in [-0.4, -0.2) is 11.3 Å². The molecule has 0 amide bonds. The van der Waals surface area contributed by atoms with Crippen molar-refractivity contribution in [2.45, 2.75) is 6.36 Å². The van der Waals surface area contributed by atoms with Crippen molar-refractivity contribution in [2.24, 2.45) is 0 Å². The van der Waals surface area contributed by atoms with Gasteiger partial charge in [0, 0.05) is 17.7 Å². The summed E-state index contributed by atoms with van der Waals surface area (Å²) in [5.74, 6) is -1.20. The molecule has 1 aromatic carbocycles. The van der Waals surface area contributed by atoms with Gasteiger partial charge in [-0.15, -0.1) is 13.2 Å². The summed E-state index contributed by atoms with van der Waals surface area (Å²) >= 11 is 0. The maximum Gasteiger partial charge on any atom is 0.573 e. The molecular formula is C12H7F4NO2. The molecule has 0 N–H and O–H groups in total. The van der Waals surface area contributed by atoms with E-state index in [1.165, 1.54) is 24.6 Å². The predicted molar refractivity (Wildman–Crippen MR) is 58.5 cm³/mol. The first-order chi connectivity index (χ1) is 8.94. The van der Waals surface area contributed by atoms with Crippen LogP contribution >= 0.6 is 0 Å². The molecule has 3 nitrogen and oxygen atoms in total. The minimum atomic E-state index is -4.85. The van der Waals surface area contributed by atoms with Crippen LogP contribution in [0.2, 0.25) is 0 Å². The number of aromatic nitrogens is 1. The van der Waals surface area contributed by atoms with Crippen molar-refractivity contribution >= 4 is 12.2 Å². The molecule has 1 aromatic heterocycles. The zero-order valence-corrected chi connectivity index (χ0v) is 9.32. The summed E-state index contributed by atoms with van der Waals surface area (Å²) < 4.78 is 57.8. The third-order valence-electron chi connectivity index (χ3n) is 2.06. The molecule has 7 heteroatoms. The van der Waals surface area contributed by atoms with Crippen LogP contribution in [-0.2, 0) is 0 Å². The van der Waals surface area contributed by atoms with E-state index in [2.05, 4.69) is 9.72 Å². The Labute approximate surface area is 105 Å². The monoisotopic (exact) mass is 273 g/mol. The Morgan fingerprint density at radius 3 is 2.58 bits per heavy atom. The molecular weight excluding hydrogens is 266 g/mol. The number of oxazole rings is 1. The van der Waals surface area contributed by atoms with Gasteiger partial charge in [0.25, 0.3) is 0 Å². The molecule has 0 unspecified atom stereocenters. The maximum absolute atomic E-state index is 13.5. The van der Waals surface area contributed by atoms with Gasteiger partial charge >= 0.3 is 6.36 Å². The zero-order chi connectivity index (χ0) is 13.9. The highest BCUT2D eigenvalue weighted by atomic mass is 19.4. The van der Waals surface area contributed by atoms with Crippen molar-refractivity contribution in [3.8, 4) is 5.75 Å². The molecule has 0 bridgehead atoms. The summed E-state index contributed by atoms with van der Waals surface area (Å²) in [7, 11) is 0. The Bertz CT molecular complexity index is 576. The highest BCUT2D eigenvalue weighted by Crippen LogP contribution is 2.25. The average Bonchev–Trinajstić information content (AvgIpc) is 2.78. The molecule has 0 saturated carbocycles. The summed E-state index contributed by atoms with van der Waals surface area (Å²) in [5, 5.41) is 0. The lowest BCUT2D eigenvalue weighted by Crippen LogP contribution is -2.17. The number of rotatable bonds is 3. The van der Waals surface area contributed by atoms with Crippen molar-refractivity contribution in [3.05, 3.63) is 47.9 Å². The van der Waals surface area contributed by atoms with E-state index in [-0.39, 0.29) is 11.5 Å². The number of nitrogens with zero attached hydrogens (tertiary/aromatic N) is 1. The molecule has 0 radical (unpaired) electrons. The summed E-state index contributed by atoms with van der Waals surface area (Å²) in [4.78, 5) is 3.78. The SMILES string of the molecule is Fc1cc(OC(F)(F)F)ccc1C=Cc1ncco1. The standard InChI is InChI=1S/C12H7F4NO2/c13-10-7-9(19-12(14,15)16)3-1-8(10)2-4-11-17-5-6-18-11/h1-7H. The van der Waals surface area contributed by atoms with E-state index in [0.29, 0.717) is 6.07 Å². The number of ether oxygens (including phenoxy) is 1. The fraction of sp³-hybridized carbons (Fsp3) is 0.0833. The summed E-state index contributed by atoms with van der Waals surface area (Å²) in [5.41, 5.74) is 0.0905. The molecule has 19 heavy (non-hydrogen) atoms. The van der Waals surface area contributed by atoms with Crippen molar-refractivity contribution in [2.75, 3.05) is 0 Å². The molecule has 0 spiro atoms. The molecule has 1 heterocycles. The third kappa shape index (κ3) is 3.84. The van der Waals surface area contributed by atoms with Crippen LogP contribution in [0.4, 0.5) is 17.6 Å². The second-order valence-corrected chi connectivity index (χ2v) is 3.43. The molecule has 0 aliphatic heterocycles. The number of benzene rings is 1. The molecule has 0 aliphatic rings. The minimum Gasteiger partial charge on any atom is -0.445 e. The van der Waals surface area contributed by atoms with Crippen LogP contribution in [0, 0.1) is 5.82 Å². The van der Waals surface area contributed by atoms with Gasteiger partial charge in [-0.2, -0.15) is 0 Å². The van der Waals surface area contributed by atoms with Crippen molar-refractivity contribution in [1.82, 2.24) is 4.98 Å². The average molecular weight is 273 g/mol. The Morgan fingerprint density at radius 1 is 1.21 bits per heavy atom. The van der Waals surface area contributed by atoms with E-state index in [1.54, 1.807) is 0 Å². The molecule has 0 fully saturated rings. The van der Waals surface area contributed by atoms with E-state index < -0.39 is 17.9 Å². The molecule has 2 aromatic rings. The summed E-state index contributed by atoms with van der Waals surface area (Å²) in [6, 6.07) is 2.84. The van der Waals surface area contributed by atoms with Gasteiger partial charge in [0.15, 0.2) is 0 Å². The van der Waals surface area contributed by atoms with Gasteiger partial charge in [0.2, 0.25) is 5.89 Å². The van der Waals surface area contributed by atoms with Crippen LogP contribution in [0.15, 0.2) is 35.1 Å². The molecule has 2 rings (SSSR count). The van der Waals surface area contributed by atoms with E-state index in [0.717, 1.165) is 12.1 Å². The first-order valence-electron chi connectivity index (χ1n) is 5.07. The third-order valence-corrected chi connectivity index (χ3v) is 2.06. The van der Waals surface area contributed by atoms with Crippen LogP contribution in [0.25, 0.3) is 12.2 Å². The van der Waals surface area contributed by atoms with Gasteiger partial charge in [0.05, 0.1) is 6.20 Å². The van der Waals surface area contributed by atoms with Crippen molar-refractivity contribution in [3.63, 3.8) is 0 Å². The molecule has 0 atom stereocenters. The second kappa shape index (κ2) is 5.13. The number of alkyl halides is 3. The Hall–Kier alpha value is -2.31. The Morgan fingerprint density at radius 2 is 2.00 bits per heavy atom. The van der Waals surface area contributed by atoms with Crippen molar-refractivity contribution in [1.29, 1.82) is 0 Å². The van der Waals surface area contributed by atoms with Gasteiger partial charge in [-0.1, -0.05) is 0 Å². The van der Waals surface area contributed by atoms with E-state index in [9.17, 15) is 17.6 Å². The fourth-order valence-corrected chi connectivity index (χ4v) is 1.32. The largest absolute Gasteiger partial charge is 0.573 e. The van der Waals surface area contributed by atoms with Gasteiger partial charge in [-0.05, 0) is 18.2 Å². The van der Waals surface area contributed by atoms with Gasteiger partial charge in [-0.25, -0.2) is 9.37 Å². The first-order valence-corrected chi connectivity index (χ1v) is 5.07. The highest BCUT2D eigenvalue weighted by molar-refractivity contribution is 5.66. The quantitative estimate of drug-likeness (QED) is 0.796. The smallest absolute Gasteiger partial charge is 0.445 e. The minimum absolute atomic E-state index is 0.0905. The van der Waals surface area contributed by atoms with Crippen LogP contribution < -0.4 is 4.74 Å². The number of halogens is 4. The van der Waals surface area contributed by atoms with Gasteiger partial charge in [0.1, 0.15) is 17.8 Å². The Kier molecular flexibility index (Phi) is 3.55. The Balaban J connectivity index is 2.15. The highest BCUT2D eigenvalue weighted by Gasteiger charge is 2.31. The fourth-order valence-electron chi connectivity index (χ4n) is 1.32. The lowest BCUT2D eigenvalue weighted by atomic mass is 10.2. The first kappa shape index (κ1) is 13.1. The molecule has 100 valence electrons. The summed E-state index contributed by atoms with van der Waals surface area (Å²) in [6.07, 6.45) is 0.635. The van der Waals surface area contributed by atoms with E-state index in [4.69, 9.17) is 4.42 Å². The lowest BCUT2D eigenvalue weighted by Gasteiger charge is -2.09. The molecule has 0 aliphatic carbocycles. The van der Waals surface area contributed by atoms with Gasteiger partial charge in [-0.3, -0.25) is 0 Å². The van der Waals surface area contributed by atoms with Crippen LogP contribution in [0.5, 0.6) is 5.75 Å². The lowest BCUT2D eigenvalue weighted by molar-refractivity contribution is -0.274.